The summed E-state index contributed by atoms with van der Waals surface area (Å²) in [7, 11) is -3.94. The highest BCUT2D eigenvalue weighted by Crippen LogP contribution is 2.46. The zero-order valence-electron chi connectivity index (χ0n) is 10.8. The molecule has 2 fully saturated rings. The van der Waals surface area contributed by atoms with Gasteiger partial charge in [0.2, 0.25) is 10.0 Å². The number of hydrogen-bond donors (Lipinski definition) is 1. The number of nitrogens with zero attached hydrogens (tertiary/aromatic N) is 1. The molecule has 0 spiro atoms. The molecule has 2 aliphatic rings. The van der Waals surface area contributed by atoms with E-state index in [1.54, 1.807) is 0 Å². The molecule has 1 aromatic heterocycles. The predicted molar refractivity (Wildman–Crippen MR) is 80.5 cm³/mol. The minimum absolute atomic E-state index is 0.0706. The topological polar surface area (TPSA) is 74.7 Å². The van der Waals surface area contributed by atoms with E-state index in [1.807, 2.05) is 0 Å². The SMILES string of the molecule is O=C(O)C1C2CCCC2CN1S(=O)(=O)c1cc(Cl)sc1Cl. The normalized spacial score (nSPS) is 29.7. The molecule has 1 saturated heterocycles. The maximum absolute atomic E-state index is 12.7. The Morgan fingerprint density at radius 3 is 2.67 bits per heavy atom. The van der Waals surface area contributed by atoms with E-state index in [0.29, 0.717) is 0 Å². The van der Waals surface area contributed by atoms with Crippen LogP contribution < -0.4 is 0 Å². The first-order valence-corrected chi connectivity index (χ1v) is 9.53. The van der Waals surface area contributed by atoms with Gasteiger partial charge in [0.1, 0.15) is 15.3 Å². The largest absolute Gasteiger partial charge is 0.480 e. The second kappa shape index (κ2) is 5.38. The molecule has 1 aromatic rings. The molecule has 1 aliphatic heterocycles. The fourth-order valence-electron chi connectivity index (χ4n) is 3.45. The van der Waals surface area contributed by atoms with Gasteiger partial charge >= 0.3 is 5.97 Å². The summed E-state index contributed by atoms with van der Waals surface area (Å²) >= 11 is 12.7. The molecule has 21 heavy (non-hydrogen) atoms. The van der Waals surface area contributed by atoms with Gasteiger partial charge in [0.15, 0.2) is 0 Å². The molecular formula is C12H13Cl2NO4S2. The lowest BCUT2D eigenvalue weighted by molar-refractivity contribution is -0.142. The monoisotopic (exact) mass is 369 g/mol. The van der Waals surface area contributed by atoms with Gasteiger partial charge in [0, 0.05) is 6.54 Å². The number of sulfonamides is 1. The molecule has 0 radical (unpaired) electrons. The number of aliphatic carboxylic acids is 1. The summed E-state index contributed by atoms with van der Waals surface area (Å²) in [6.07, 6.45) is 2.59. The molecule has 5 nitrogen and oxygen atoms in total. The fourth-order valence-corrected chi connectivity index (χ4v) is 7.25. The predicted octanol–water partition coefficient (Wildman–Crippen LogP) is 2.93. The van der Waals surface area contributed by atoms with Crippen LogP contribution >= 0.6 is 34.5 Å². The third kappa shape index (κ3) is 2.49. The Kier molecular flexibility index (Phi) is 3.99. The van der Waals surface area contributed by atoms with Crippen LogP contribution in [0.1, 0.15) is 19.3 Å². The van der Waals surface area contributed by atoms with Crippen molar-refractivity contribution >= 4 is 50.5 Å². The van der Waals surface area contributed by atoms with Crippen molar-refractivity contribution in [1.29, 1.82) is 0 Å². The number of hydrogen-bond acceptors (Lipinski definition) is 4. The summed E-state index contributed by atoms with van der Waals surface area (Å²) in [4.78, 5) is 11.5. The highest BCUT2D eigenvalue weighted by Gasteiger charge is 2.52. The Hall–Kier alpha value is -0.340. The van der Waals surface area contributed by atoms with Crippen LogP contribution in [0.5, 0.6) is 0 Å². The van der Waals surface area contributed by atoms with Gasteiger partial charge in [-0.05, 0) is 30.7 Å². The van der Waals surface area contributed by atoms with Gasteiger partial charge < -0.3 is 5.11 Å². The Labute approximate surface area is 136 Å². The molecule has 3 unspecified atom stereocenters. The summed E-state index contributed by atoms with van der Waals surface area (Å²) in [5.74, 6) is -1.08. The minimum Gasteiger partial charge on any atom is -0.480 e. The first-order valence-electron chi connectivity index (χ1n) is 6.52. The lowest BCUT2D eigenvalue weighted by Gasteiger charge is -2.23. The molecule has 2 heterocycles. The van der Waals surface area contributed by atoms with Gasteiger partial charge in [-0.2, -0.15) is 4.31 Å². The van der Waals surface area contributed by atoms with E-state index in [-0.39, 0.29) is 31.9 Å². The summed E-state index contributed by atoms with van der Waals surface area (Å²) in [5, 5.41) is 9.45. The smallest absolute Gasteiger partial charge is 0.322 e. The van der Waals surface area contributed by atoms with E-state index in [1.165, 1.54) is 6.07 Å². The van der Waals surface area contributed by atoms with E-state index in [4.69, 9.17) is 23.2 Å². The molecular weight excluding hydrogens is 357 g/mol. The van der Waals surface area contributed by atoms with Crippen molar-refractivity contribution < 1.29 is 18.3 Å². The molecule has 9 heteroatoms. The van der Waals surface area contributed by atoms with E-state index < -0.39 is 22.0 Å². The molecule has 0 amide bonds. The zero-order chi connectivity index (χ0) is 15.4. The first-order chi connectivity index (χ1) is 9.82. The number of thiophene rings is 1. The first kappa shape index (κ1) is 15.6. The van der Waals surface area contributed by atoms with Gasteiger partial charge in [-0.3, -0.25) is 4.79 Å². The average Bonchev–Trinajstić information content (AvgIpc) is 3.01. The van der Waals surface area contributed by atoms with Crippen LogP contribution in [0.4, 0.5) is 0 Å². The summed E-state index contributed by atoms with van der Waals surface area (Å²) in [6, 6.07) is 0.286. The Bertz CT molecular complexity index is 687. The fraction of sp³-hybridized carbons (Fsp3) is 0.583. The second-order valence-corrected chi connectivity index (χ2v) is 9.55. The number of halogens is 2. The molecule has 1 saturated carbocycles. The number of carboxylic acids is 1. The van der Waals surface area contributed by atoms with Crippen molar-refractivity contribution in [3.8, 4) is 0 Å². The second-order valence-electron chi connectivity index (χ2n) is 5.40. The Balaban J connectivity index is 2.02. The molecule has 116 valence electrons. The van der Waals surface area contributed by atoms with Crippen molar-refractivity contribution in [2.24, 2.45) is 11.8 Å². The van der Waals surface area contributed by atoms with Gasteiger partial charge in [-0.25, -0.2) is 8.42 Å². The van der Waals surface area contributed by atoms with E-state index in [2.05, 4.69) is 0 Å². The van der Waals surface area contributed by atoms with Gasteiger partial charge in [-0.1, -0.05) is 29.6 Å². The Morgan fingerprint density at radius 1 is 1.38 bits per heavy atom. The molecule has 1 N–H and O–H groups in total. The van der Waals surface area contributed by atoms with Crippen LogP contribution in [-0.4, -0.2) is 36.4 Å². The van der Waals surface area contributed by atoms with E-state index >= 15 is 0 Å². The maximum atomic E-state index is 12.7. The molecule has 3 rings (SSSR count). The summed E-state index contributed by atoms with van der Waals surface area (Å²) in [5.41, 5.74) is 0. The van der Waals surface area contributed by atoms with Gasteiger partial charge in [0.05, 0.1) is 4.34 Å². The van der Waals surface area contributed by atoms with Crippen LogP contribution in [0.15, 0.2) is 11.0 Å². The average molecular weight is 370 g/mol. The Morgan fingerprint density at radius 2 is 2.10 bits per heavy atom. The number of rotatable bonds is 3. The van der Waals surface area contributed by atoms with Crippen LogP contribution in [0.3, 0.4) is 0 Å². The van der Waals surface area contributed by atoms with Crippen molar-refractivity contribution in [2.75, 3.05) is 6.54 Å². The third-order valence-electron chi connectivity index (χ3n) is 4.31. The van der Waals surface area contributed by atoms with Crippen molar-refractivity contribution in [1.82, 2.24) is 4.31 Å². The number of carbonyl (C=O) groups is 1. The lowest BCUT2D eigenvalue weighted by Crippen LogP contribution is -2.43. The summed E-state index contributed by atoms with van der Waals surface area (Å²) < 4.78 is 26.9. The highest BCUT2D eigenvalue weighted by molar-refractivity contribution is 7.89. The quantitative estimate of drug-likeness (QED) is 0.888. The van der Waals surface area contributed by atoms with Crippen LogP contribution in [0.25, 0.3) is 0 Å². The van der Waals surface area contributed by atoms with Crippen LogP contribution in [-0.2, 0) is 14.8 Å². The molecule has 3 atom stereocenters. The van der Waals surface area contributed by atoms with Crippen LogP contribution in [0, 0.1) is 11.8 Å². The van der Waals surface area contributed by atoms with Crippen molar-refractivity contribution in [3.05, 3.63) is 14.7 Å². The minimum atomic E-state index is -3.94. The van der Waals surface area contributed by atoms with E-state index in [9.17, 15) is 18.3 Å². The highest BCUT2D eigenvalue weighted by atomic mass is 35.5. The van der Waals surface area contributed by atoms with Gasteiger partial charge in [-0.15, -0.1) is 11.3 Å². The maximum Gasteiger partial charge on any atom is 0.322 e. The van der Waals surface area contributed by atoms with Crippen molar-refractivity contribution in [3.63, 3.8) is 0 Å². The zero-order valence-corrected chi connectivity index (χ0v) is 14.0. The molecule has 0 aromatic carbocycles. The van der Waals surface area contributed by atoms with Gasteiger partial charge in [0.25, 0.3) is 0 Å². The standard InChI is InChI=1S/C12H13Cl2NO4S2/c13-9-4-8(11(14)20-9)21(18,19)15-5-6-2-1-3-7(6)10(15)12(16)17/h4,6-7,10H,1-3,5H2,(H,16,17). The van der Waals surface area contributed by atoms with E-state index in [0.717, 1.165) is 34.9 Å². The lowest BCUT2D eigenvalue weighted by atomic mass is 9.94. The third-order valence-corrected chi connectivity index (χ3v) is 7.91. The number of fused-ring (bicyclic) bond motifs is 1. The van der Waals surface area contributed by atoms with Crippen LogP contribution in [0.2, 0.25) is 8.67 Å². The van der Waals surface area contributed by atoms with Crippen molar-refractivity contribution in [2.45, 2.75) is 30.2 Å². The molecule has 0 bridgehead atoms. The summed E-state index contributed by atoms with van der Waals surface area (Å²) in [6.45, 7) is 0.244. The number of carboxylic acid groups (broad SMARTS) is 1. The molecule has 1 aliphatic carbocycles.